The van der Waals surface area contributed by atoms with Crippen LogP contribution >= 0.6 is 11.6 Å². The fourth-order valence-electron chi connectivity index (χ4n) is 1.97. The van der Waals surface area contributed by atoms with Crippen LogP contribution in [0.3, 0.4) is 0 Å². The molecule has 0 atom stereocenters. The molecule has 26 heavy (non-hydrogen) atoms. The average Bonchev–Trinajstić information content (AvgIpc) is 2.60. The van der Waals surface area contributed by atoms with Crippen molar-refractivity contribution in [2.45, 2.75) is 25.2 Å². The maximum atomic E-state index is 12.1. The fourth-order valence-corrected chi connectivity index (χ4v) is 2.94. The summed E-state index contributed by atoms with van der Waals surface area (Å²) in [4.78, 5) is 14.1. The standard InChI is InChI=1S/C18H21ClN2O4S/c1-13(2)11-12-25-16-7-3-14(4-8-16)18(22)20-21-26(23,24)17-9-5-15(19)6-10-17/h3-10,13,21H,11-12H2,1-2H3,(H,20,22). The summed E-state index contributed by atoms with van der Waals surface area (Å²) in [6.07, 6.45) is 0.939. The Morgan fingerprint density at radius 2 is 1.69 bits per heavy atom. The first-order chi connectivity index (χ1) is 12.3. The van der Waals surface area contributed by atoms with E-state index in [4.69, 9.17) is 16.3 Å². The summed E-state index contributed by atoms with van der Waals surface area (Å²) < 4.78 is 29.8. The summed E-state index contributed by atoms with van der Waals surface area (Å²) >= 11 is 5.73. The molecule has 2 rings (SSSR count). The number of amides is 1. The molecule has 0 bridgehead atoms. The molecule has 0 spiro atoms. The van der Waals surface area contributed by atoms with Gasteiger partial charge in [0.15, 0.2) is 0 Å². The van der Waals surface area contributed by atoms with Gasteiger partial charge in [0, 0.05) is 10.6 Å². The summed E-state index contributed by atoms with van der Waals surface area (Å²) in [7, 11) is -3.87. The molecule has 0 unspecified atom stereocenters. The number of nitrogens with one attached hydrogen (secondary N) is 2. The molecule has 0 heterocycles. The minimum atomic E-state index is -3.87. The molecule has 140 valence electrons. The third-order valence-corrected chi connectivity index (χ3v) is 5.02. The number of hydrazine groups is 1. The van der Waals surface area contributed by atoms with Crippen molar-refractivity contribution < 1.29 is 17.9 Å². The lowest BCUT2D eigenvalue weighted by atomic mass is 10.1. The largest absolute Gasteiger partial charge is 0.494 e. The molecule has 6 nitrogen and oxygen atoms in total. The van der Waals surface area contributed by atoms with Gasteiger partial charge in [-0.1, -0.05) is 25.4 Å². The Labute approximate surface area is 158 Å². The van der Waals surface area contributed by atoms with Crippen molar-refractivity contribution in [3.05, 3.63) is 59.1 Å². The zero-order valence-corrected chi connectivity index (χ0v) is 16.1. The number of rotatable bonds is 8. The van der Waals surface area contributed by atoms with Gasteiger partial charge >= 0.3 is 0 Å². The van der Waals surface area contributed by atoms with E-state index in [0.29, 0.717) is 28.9 Å². The molecule has 1 amide bonds. The van der Waals surface area contributed by atoms with Crippen LogP contribution in [0.5, 0.6) is 5.75 Å². The Kier molecular flexibility index (Phi) is 7.02. The highest BCUT2D eigenvalue weighted by molar-refractivity contribution is 7.89. The zero-order chi connectivity index (χ0) is 19.2. The molecular formula is C18H21ClN2O4S. The SMILES string of the molecule is CC(C)CCOc1ccc(C(=O)NNS(=O)(=O)c2ccc(Cl)cc2)cc1. The lowest BCUT2D eigenvalue weighted by Gasteiger charge is -2.10. The highest BCUT2D eigenvalue weighted by atomic mass is 35.5. The van der Waals surface area contributed by atoms with Crippen molar-refractivity contribution in [2.24, 2.45) is 5.92 Å². The molecule has 2 N–H and O–H groups in total. The molecule has 0 radical (unpaired) electrons. The van der Waals surface area contributed by atoms with Gasteiger partial charge in [-0.3, -0.25) is 10.2 Å². The van der Waals surface area contributed by atoms with E-state index in [1.807, 2.05) is 0 Å². The lowest BCUT2D eigenvalue weighted by molar-refractivity contribution is 0.0945. The maximum Gasteiger partial charge on any atom is 0.266 e. The topological polar surface area (TPSA) is 84.5 Å². The van der Waals surface area contributed by atoms with Crippen molar-refractivity contribution in [3.63, 3.8) is 0 Å². The lowest BCUT2D eigenvalue weighted by Crippen LogP contribution is -2.41. The first kappa shape index (κ1) is 20.2. The summed E-state index contributed by atoms with van der Waals surface area (Å²) in [5.41, 5.74) is 2.48. The molecular weight excluding hydrogens is 376 g/mol. The van der Waals surface area contributed by atoms with Crippen LogP contribution in [0.1, 0.15) is 30.6 Å². The quantitative estimate of drug-likeness (QED) is 0.670. The third-order valence-electron chi connectivity index (χ3n) is 3.50. The molecule has 0 aliphatic rings. The summed E-state index contributed by atoms with van der Waals surface area (Å²) in [5, 5.41) is 0.420. The number of hydrogen-bond acceptors (Lipinski definition) is 4. The number of carbonyl (C=O) groups excluding carboxylic acids is 1. The van der Waals surface area contributed by atoms with Crippen LogP contribution < -0.4 is 15.0 Å². The third kappa shape index (κ3) is 6.01. The molecule has 2 aromatic carbocycles. The molecule has 8 heteroatoms. The van der Waals surface area contributed by atoms with Gasteiger partial charge in [-0.15, -0.1) is 4.83 Å². The van der Waals surface area contributed by atoms with Gasteiger partial charge in [0.2, 0.25) is 0 Å². The van der Waals surface area contributed by atoms with Gasteiger partial charge in [0.1, 0.15) is 5.75 Å². The second-order valence-electron chi connectivity index (χ2n) is 6.07. The Balaban J connectivity index is 1.92. The Bertz CT molecular complexity index is 834. The van der Waals surface area contributed by atoms with E-state index in [2.05, 4.69) is 24.1 Å². The zero-order valence-electron chi connectivity index (χ0n) is 14.5. The van der Waals surface area contributed by atoms with E-state index >= 15 is 0 Å². The van der Waals surface area contributed by atoms with Gasteiger partial charge in [-0.25, -0.2) is 8.42 Å². The van der Waals surface area contributed by atoms with Crippen molar-refractivity contribution in [2.75, 3.05) is 6.61 Å². The van der Waals surface area contributed by atoms with Gasteiger partial charge in [-0.2, -0.15) is 0 Å². The van der Waals surface area contributed by atoms with E-state index in [1.54, 1.807) is 24.3 Å². The van der Waals surface area contributed by atoms with Gasteiger partial charge in [-0.05, 0) is 60.9 Å². The molecule has 0 fully saturated rings. The van der Waals surface area contributed by atoms with Crippen molar-refractivity contribution in [1.82, 2.24) is 10.3 Å². The van der Waals surface area contributed by atoms with E-state index in [1.165, 1.54) is 24.3 Å². The summed E-state index contributed by atoms with van der Waals surface area (Å²) in [6.45, 7) is 4.83. The predicted octanol–water partition coefficient (Wildman–Crippen LogP) is 3.39. The molecule has 2 aromatic rings. The minimum Gasteiger partial charge on any atom is -0.494 e. The van der Waals surface area contributed by atoms with Crippen LogP contribution in [0.15, 0.2) is 53.4 Å². The molecule has 0 saturated heterocycles. The summed E-state index contributed by atoms with van der Waals surface area (Å²) in [6, 6.07) is 12.1. The minimum absolute atomic E-state index is 0.00361. The monoisotopic (exact) mass is 396 g/mol. The molecule has 0 saturated carbocycles. The van der Waals surface area contributed by atoms with Gasteiger partial charge in [0.25, 0.3) is 15.9 Å². The molecule has 0 aliphatic carbocycles. The Hall–Kier alpha value is -2.09. The average molecular weight is 397 g/mol. The smallest absolute Gasteiger partial charge is 0.266 e. The molecule has 0 aliphatic heterocycles. The first-order valence-electron chi connectivity index (χ1n) is 8.08. The normalized spacial score (nSPS) is 11.4. The predicted molar refractivity (Wildman–Crippen MR) is 101 cm³/mol. The van der Waals surface area contributed by atoms with Crippen LogP contribution in [0.4, 0.5) is 0 Å². The number of hydrogen-bond donors (Lipinski definition) is 2. The van der Waals surface area contributed by atoms with Crippen molar-refractivity contribution >= 4 is 27.5 Å². The van der Waals surface area contributed by atoms with Crippen LogP contribution in [0.25, 0.3) is 0 Å². The second kappa shape index (κ2) is 9.02. The first-order valence-corrected chi connectivity index (χ1v) is 9.94. The van der Waals surface area contributed by atoms with Crippen LogP contribution in [0, 0.1) is 5.92 Å². The number of benzene rings is 2. The second-order valence-corrected chi connectivity index (χ2v) is 8.19. The molecule has 0 aromatic heterocycles. The Morgan fingerprint density at radius 3 is 2.27 bits per heavy atom. The fraction of sp³-hybridized carbons (Fsp3) is 0.278. The van der Waals surface area contributed by atoms with Crippen LogP contribution in [0.2, 0.25) is 5.02 Å². The van der Waals surface area contributed by atoms with Crippen LogP contribution in [-0.4, -0.2) is 20.9 Å². The number of sulfonamides is 1. The Morgan fingerprint density at radius 1 is 1.08 bits per heavy atom. The van der Waals surface area contributed by atoms with Crippen molar-refractivity contribution in [1.29, 1.82) is 0 Å². The summed E-state index contributed by atoms with van der Waals surface area (Å²) in [5.74, 6) is 0.633. The number of carbonyl (C=O) groups is 1. The van der Waals surface area contributed by atoms with Gasteiger partial charge < -0.3 is 4.74 Å². The van der Waals surface area contributed by atoms with E-state index in [0.717, 1.165) is 6.42 Å². The van der Waals surface area contributed by atoms with Crippen molar-refractivity contribution in [3.8, 4) is 5.75 Å². The highest BCUT2D eigenvalue weighted by Crippen LogP contribution is 2.15. The number of ether oxygens (including phenoxy) is 1. The van der Waals surface area contributed by atoms with E-state index in [9.17, 15) is 13.2 Å². The van der Waals surface area contributed by atoms with E-state index in [-0.39, 0.29) is 4.90 Å². The number of halogens is 1. The van der Waals surface area contributed by atoms with Crippen LogP contribution in [-0.2, 0) is 10.0 Å². The maximum absolute atomic E-state index is 12.1. The van der Waals surface area contributed by atoms with E-state index < -0.39 is 15.9 Å². The van der Waals surface area contributed by atoms with Gasteiger partial charge in [0.05, 0.1) is 11.5 Å². The highest BCUT2D eigenvalue weighted by Gasteiger charge is 2.15.